The summed E-state index contributed by atoms with van der Waals surface area (Å²) in [5.41, 5.74) is 9.31. The second-order valence-electron chi connectivity index (χ2n) is 7.64. The van der Waals surface area contributed by atoms with Crippen molar-refractivity contribution < 1.29 is 5.11 Å². The largest absolute Gasteiger partial charge is 0.396 e. The summed E-state index contributed by atoms with van der Waals surface area (Å²) in [5, 5.41) is 15.1. The summed E-state index contributed by atoms with van der Waals surface area (Å²) in [6.45, 7) is 0.947. The van der Waals surface area contributed by atoms with Crippen molar-refractivity contribution in [3.63, 3.8) is 0 Å². The van der Waals surface area contributed by atoms with Crippen molar-refractivity contribution in [2.45, 2.75) is 50.6 Å². The van der Waals surface area contributed by atoms with Crippen LogP contribution in [0.3, 0.4) is 0 Å². The minimum Gasteiger partial charge on any atom is -0.396 e. The molecule has 4 nitrogen and oxygen atoms in total. The van der Waals surface area contributed by atoms with E-state index in [9.17, 15) is 0 Å². The summed E-state index contributed by atoms with van der Waals surface area (Å²) in [5.74, 6) is 6.91. The number of thiophene rings is 2. The van der Waals surface area contributed by atoms with Gasteiger partial charge in [-0.15, -0.1) is 22.7 Å². The average Bonchev–Trinajstić information content (AvgIpc) is 3.40. The number of hydrogen-bond acceptors (Lipinski definition) is 6. The first-order valence-electron chi connectivity index (χ1n) is 10.6. The minimum absolute atomic E-state index is 0.0750. The zero-order chi connectivity index (χ0) is 21.6. The molecule has 0 spiro atoms. The van der Waals surface area contributed by atoms with E-state index in [1.807, 2.05) is 6.07 Å². The number of fused-ring (bicyclic) bond motifs is 1. The highest BCUT2D eigenvalue weighted by molar-refractivity contribution is 7.20. The van der Waals surface area contributed by atoms with Gasteiger partial charge < -0.3 is 16.2 Å². The number of aromatic nitrogens is 1. The lowest BCUT2D eigenvalue weighted by Crippen LogP contribution is -2.29. The van der Waals surface area contributed by atoms with E-state index in [1.54, 1.807) is 22.7 Å². The van der Waals surface area contributed by atoms with Gasteiger partial charge in [0.05, 0.1) is 16.0 Å². The van der Waals surface area contributed by atoms with Gasteiger partial charge in [-0.05, 0) is 37.1 Å². The molecule has 0 saturated heterocycles. The standard InChI is InChI=1S/C24H26ClN3OS2/c25-21-14-20(27-15-16-8-7-13-30-16)24-22(28-21)18(10-3-1-2-6-12-29)23(31-24)17-9-4-5-11-19(17)26/h4-5,7-8,13-14,17,19,29H,1-2,6,9,11-12,15,26H2,(H,27,28)/t17-,19-/m0/s1. The fourth-order valence-electron chi connectivity index (χ4n) is 3.77. The lowest BCUT2D eigenvalue weighted by atomic mass is 9.87. The Morgan fingerprint density at radius 1 is 1.29 bits per heavy atom. The Kier molecular flexibility index (Phi) is 7.65. The summed E-state index contributed by atoms with van der Waals surface area (Å²) in [6.07, 6.45) is 8.57. The van der Waals surface area contributed by atoms with Gasteiger partial charge in [-0.25, -0.2) is 4.98 Å². The second-order valence-corrected chi connectivity index (χ2v) is 10.1. The number of halogens is 1. The van der Waals surface area contributed by atoms with Gasteiger partial charge >= 0.3 is 0 Å². The Morgan fingerprint density at radius 3 is 2.94 bits per heavy atom. The molecule has 3 heterocycles. The number of pyridine rings is 1. The Hall–Kier alpha value is -1.88. The molecule has 0 aliphatic heterocycles. The third kappa shape index (κ3) is 5.31. The molecule has 0 aromatic carbocycles. The van der Waals surface area contributed by atoms with E-state index in [2.05, 4.69) is 51.8 Å². The maximum absolute atomic E-state index is 9.02. The molecule has 3 aromatic heterocycles. The molecule has 0 bridgehead atoms. The third-order valence-corrected chi connectivity index (χ3v) is 7.83. The summed E-state index contributed by atoms with van der Waals surface area (Å²) in [7, 11) is 0. The van der Waals surface area contributed by atoms with Crippen LogP contribution in [-0.2, 0) is 6.54 Å². The van der Waals surface area contributed by atoms with E-state index in [1.165, 1.54) is 9.75 Å². The van der Waals surface area contributed by atoms with E-state index >= 15 is 0 Å². The monoisotopic (exact) mass is 471 g/mol. The fraction of sp³-hybridized carbons (Fsp3) is 0.375. The van der Waals surface area contributed by atoms with Crippen molar-refractivity contribution in [3.8, 4) is 11.8 Å². The molecule has 3 aromatic rings. The fourth-order valence-corrected chi connectivity index (χ4v) is 5.99. The molecule has 31 heavy (non-hydrogen) atoms. The number of rotatable bonds is 7. The predicted octanol–water partition coefficient (Wildman–Crippen LogP) is 5.90. The molecule has 162 valence electrons. The first-order valence-corrected chi connectivity index (χ1v) is 12.6. The van der Waals surface area contributed by atoms with E-state index in [-0.39, 0.29) is 18.6 Å². The number of unbranched alkanes of at least 4 members (excludes halogenated alkanes) is 2. The van der Waals surface area contributed by atoms with Gasteiger partial charge in [-0.2, -0.15) is 0 Å². The third-order valence-electron chi connectivity index (χ3n) is 5.41. The summed E-state index contributed by atoms with van der Waals surface area (Å²) < 4.78 is 1.08. The lowest BCUT2D eigenvalue weighted by Gasteiger charge is -2.24. The number of nitrogens with two attached hydrogens (primary N) is 1. The maximum atomic E-state index is 9.02. The molecule has 0 fully saturated rings. The van der Waals surface area contributed by atoms with Crippen LogP contribution in [0.1, 0.15) is 53.3 Å². The molecule has 7 heteroatoms. The van der Waals surface area contributed by atoms with Crippen molar-refractivity contribution in [2.24, 2.45) is 5.73 Å². The van der Waals surface area contributed by atoms with Gasteiger partial charge in [0, 0.05) is 47.4 Å². The van der Waals surface area contributed by atoms with E-state index in [4.69, 9.17) is 22.4 Å². The number of nitrogens with zero attached hydrogens (tertiary/aromatic N) is 1. The van der Waals surface area contributed by atoms with Crippen LogP contribution in [0.2, 0.25) is 5.15 Å². The molecule has 0 saturated carbocycles. The smallest absolute Gasteiger partial charge is 0.131 e. The molecule has 0 amide bonds. The van der Waals surface area contributed by atoms with Crippen LogP contribution < -0.4 is 11.1 Å². The Labute approximate surface area is 196 Å². The number of nitrogens with one attached hydrogen (secondary N) is 1. The number of allylic oxidation sites excluding steroid dienone is 1. The van der Waals surface area contributed by atoms with Crippen LogP contribution in [0, 0.1) is 11.8 Å². The van der Waals surface area contributed by atoms with Gasteiger partial charge in [0.1, 0.15) is 10.7 Å². The highest BCUT2D eigenvalue weighted by Crippen LogP contribution is 2.43. The zero-order valence-corrected chi connectivity index (χ0v) is 19.6. The second kappa shape index (κ2) is 10.6. The molecule has 4 N–H and O–H groups in total. The maximum Gasteiger partial charge on any atom is 0.131 e. The average molecular weight is 472 g/mol. The number of anilines is 1. The normalized spacial score (nSPS) is 18.2. The van der Waals surface area contributed by atoms with Gasteiger partial charge in [0.2, 0.25) is 0 Å². The molecule has 1 aliphatic carbocycles. The first-order chi connectivity index (χ1) is 15.2. The van der Waals surface area contributed by atoms with Gasteiger partial charge in [0.15, 0.2) is 0 Å². The Morgan fingerprint density at radius 2 is 2.16 bits per heavy atom. The van der Waals surface area contributed by atoms with E-state index < -0.39 is 0 Å². The molecule has 0 radical (unpaired) electrons. The molecular weight excluding hydrogens is 446 g/mol. The zero-order valence-electron chi connectivity index (χ0n) is 17.2. The number of aliphatic hydroxyl groups is 1. The van der Waals surface area contributed by atoms with Crippen LogP contribution in [0.25, 0.3) is 10.2 Å². The SMILES string of the molecule is N[C@H]1CC=CC[C@@H]1c1sc2c(NCc3cccs3)cc(Cl)nc2c1C#CCCCCO. The molecule has 0 unspecified atom stereocenters. The van der Waals surface area contributed by atoms with Crippen molar-refractivity contribution in [2.75, 3.05) is 11.9 Å². The van der Waals surface area contributed by atoms with E-state index in [0.29, 0.717) is 5.15 Å². The topological polar surface area (TPSA) is 71.2 Å². The quantitative estimate of drug-likeness (QED) is 0.174. The molecule has 2 atom stereocenters. The van der Waals surface area contributed by atoms with Crippen molar-refractivity contribution in [3.05, 3.63) is 56.2 Å². The minimum atomic E-state index is 0.0750. The predicted molar refractivity (Wildman–Crippen MR) is 133 cm³/mol. The number of aliphatic hydroxyl groups excluding tert-OH is 1. The van der Waals surface area contributed by atoms with Crippen LogP contribution >= 0.6 is 34.3 Å². The molecule has 1 aliphatic rings. The van der Waals surface area contributed by atoms with Crippen LogP contribution in [-0.4, -0.2) is 22.7 Å². The highest BCUT2D eigenvalue weighted by atomic mass is 35.5. The van der Waals surface area contributed by atoms with Gasteiger partial charge in [-0.3, -0.25) is 0 Å². The van der Waals surface area contributed by atoms with Crippen LogP contribution in [0.4, 0.5) is 5.69 Å². The highest BCUT2D eigenvalue weighted by Gasteiger charge is 2.27. The molecule has 4 rings (SSSR count). The Balaban J connectivity index is 1.75. The van der Waals surface area contributed by atoms with E-state index in [0.717, 1.165) is 60.1 Å². The summed E-state index contributed by atoms with van der Waals surface area (Å²) in [6, 6.07) is 6.15. The number of hydrogen-bond donors (Lipinski definition) is 3. The first kappa shape index (κ1) is 22.3. The van der Waals surface area contributed by atoms with Gasteiger partial charge in [-0.1, -0.05) is 41.7 Å². The van der Waals surface area contributed by atoms with Crippen molar-refractivity contribution >= 4 is 50.2 Å². The lowest BCUT2D eigenvalue weighted by molar-refractivity contribution is 0.285. The van der Waals surface area contributed by atoms with Crippen molar-refractivity contribution in [1.82, 2.24) is 4.98 Å². The van der Waals surface area contributed by atoms with Crippen LogP contribution in [0.15, 0.2) is 35.7 Å². The summed E-state index contributed by atoms with van der Waals surface area (Å²) >= 11 is 9.89. The van der Waals surface area contributed by atoms with Crippen LogP contribution in [0.5, 0.6) is 0 Å². The van der Waals surface area contributed by atoms with Gasteiger partial charge in [0.25, 0.3) is 0 Å². The Bertz CT molecular complexity index is 1110. The molecular formula is C24H26ClN3OS2. The van der Waals surface area contributed by atoms with Crippen molar-refractivity contribution in [1.29, 1.82) is 0 Å². The summed E-state index contributed by atoms with van der Waals surface area (Å²) in [4.78, 5) is 7.14.